The molecule has 0 atom stereocenters. The van der Waals surface area contributed by atoms with E-state index in [1.54, 1.807) is 0 Å². The molecule has 18 heavy (non-hydrogen) atoms. The van der Waals surface area contributed by atoms with Crippen molar-refractivity contribution in [1.82, 2.24) is 4.90 Å². The van der Waals surface area contributed by atoms with Crippen LogP contribution in [0.25, 0.3) is 0 Å². The minimum Gasteiger partial charge on any atom is -0.492 e. The maximum absolute atomic E-state index is 5.70. The van der Waals surface area contributed by atoms with Crippen LogP contribution in [0.3, 0.4) is 0 Å². The highest BCUT2D eigenvalue weighted by Crippen LogP contribution is 2.23. The maximum atomic E-state index is 5.70. The molecule has 2 N–H and O–H groups in total. The minimum absolute atomic E-state index is 0.422. The molecule has 0 aliphatic heterocycles. The average Bonchev–Trinajstić information content (AvgIpc) is 2.27. The third-order valence-electron chi connectivity index (χ3n) is 3.55. The lowest BCUT2D eigenvalue weighted by Crippen LogP contribution is -2.39. The molecule has 0 amide bonds. The monoisotopic (exact) mass is 264 g/mol. The van der Waals surface area contributed by atoms with Crippen molar-refractivity contribution in [1.29, 1.82) is 0 Å². The molecule has 4 heteroatoms. The minimum atomic E-state index is 0.422. The van der Waals surface area contributed by atoms with Gasteiger partial charge in [0, 0.05) is 18.2 Å². The molecule has 3 nitrogen and oxygen atoms in total. The molecule has 0 radical (unpaired) electrons. The van der Waals surface area contributed by atoms with E-state index < -0.39 is 0 Å². The van der Waals surface area contributed by atoms with Crippen LogP contribution in [-0.2, 0) is 0 Å². The van der Waals surface area contributed by atoms with Crippen molar-refractivity contribution in [3.8, 4) is 5.75 Å². The van der Waals surface area contributed by atoms with Gasteiger partial charge in [0.25, 0.3) is 0 Å². The quantitative estimate of drug-likeness (QED) is 0.799. The molecule has 0 heterocycles. The highest BCUT2D eigenvalue weighted by atomic mass is 32.1. The number of thiocarbonyl (C=S) groups is 1. The summed E-state index contributed by atoms with van der Waals surface area (Å²) in [4.78, 5) is 2.80. The first kappa shape index (κ1) is 13.3. The van der Waals surface area contributed by atoms with Gasteiger partial charge in [0.1, 0.15) is 17.3 Å². The van der Waals surface area contributed by atoms with Crippen molar-refractivity contribution >= 4 is 17.2 Å². The number of nitrogens with two attached hydrogens (primary N) is 1. The third kappa shape index (κ3) is 3.43. The van der Waals surface area contributed by atoms with Gasteiger partial charge >= 0.3 is 0 Å². The molecule has 1 saturated carbocycles. The first-order valence-corrected chi connectivity index (χ1v) is 6.80. The molecule has 2 rings (SSSR count). The van der Waals surface area contributed by atoms with Gasteiger partial charge in [-0.3, -0.25) is 0 Å². The Morgan fingerprint density at radius 3 is 2.56 bits per heavy atom. The lowest BCUT2D eigenvalue weighted by atomic mass is 9.92. The Kier molecular flexibility index (Phi) is 4.55. The Morgan fingerprint density at radius 1 is 1.39 bits per heavy atom. The van der Waals surface area contributed by atoms with Crippen LogP contribution in [0.1, 0.15) is 24.8 Å². The van der Waals surface area contributed by atoms with E-state index in [9.17, 15) is 0 Å². The SMILES string of the molecule is CN(CCOc1ccc(C(N)=S)cc1)C1CCC1. The van der Waals surface area contributed by atoms with Crippen molar-refractivity contribution < 1.29 is 4.74 Å². The Labute approximate surface area is 114 Å². The summed E-state index contributed by atoms with van der Waals surface area (Å²) in [6.07, 6.45) is 4.04. The van der Waals surface area contributed by atoms with Gasteiger partial charge < -0.3 is 15.4 Å². The van der Waals surface area contributed by atoms with E-state index in [0.717, 1.165) is 30.5 Å². The Hall–Kier alpha value is -1.13. The maximum Gasteiger partial charge on any atom is 0.119 e. The highest BCUT2D eigenvalue weighted by molar-refractivity contribution is 7.80. The number of rotatable bonds is 6. The highest BCUT2D eigenvalue weighted by Gasteiger charge is 2.21. The lowest BCUT2D eigenvalue weighted by molar-refractivity contribution is 0.135. The van der Waals surface area contributed by atoms with Crippen LogP contribution in [0.15, 0.2) is 24.3 Å². The Morgan fingerprint density at radius 2 is 2.06 bits per heavy atom. The largest absolute Gasteiger partial charge is 0.492 e. The number of ether oxygens (including phenoxy) is 1. The van der Waals surface area contributed by atoms with E-state index in [0.29, 0.717) is 4.99 Å². The average molecular weight is 264 g/mol. The normalized spacial score (nSPS) is 15.4. The van der Waals surface area contributed by atoms with E-state index in [4.69, 9.17) is 22.7 Å². The molecule has 0 spiro atoms. The van der Waals surface area contributed by atoms with Crippen molar-refractivity contribution in [2.24, 2.45) is 5.73 Å². The molecule has 1 aromatic rings. The van der Waals surface area contributed by atoms with Crippen LogP contribution < -0.4 is 10.5 Å². The molecule has 1 aliphatic rings. The van der Waals surface area contributed by atoms with Gasteiger partial charge in [0.15, 0.2) is 0 Å². The van der Waals surface area contributed by atoms with E-state index in [-0.39, 0.29) is 0 Å². The fourth-order valence-electron chi connectivity index (χ4n) is 2.03. The summed E-state index contributed by atoms with van der Waals surface area (Å²) < 4.78 is 5.70. The molecule has 1 aromatic carbocycles. The zero-order valence-corrected chi connectivity index (χ0v) is 11.6. The predicted octanol–water partition coefficient (Wildman–Crippen LogP) is 2.18. The topological polar surface area (TPSA) is 38.5 Å². The van der Waals surface area contributed by atoms with E-state index in [1.165, 1.54) is 19.3 Å². The number of hydrogen-bond donors (Lipinski definition) is 1. The second-order valence-electron chi connectivity index (χ2n) is 4.80. The summed E-state index contributed by atoms with van der Waals surface area (Å²) in [5.74, 6) is 0.872. The van der Waals surface area contributed by atoms with Crippen LogP contribution >= 0.6 is 12.2 Å². The summed E-state index contributed by atoms with van der Waals surface area (Å²) in [6, 6.07) is 8.39. The van der Waals surface area contributed by atoms with Gasteiger partial charge in [-0.15, -0.1) is 0 Å². The fourth-order valence-corrected chi connectivity index (χ4v) is 2.17. The van der Waals surface area contributed by atoms with Crippen molar-refractivity contribution in [3.05, 3.63) is 29.8 Å². The molecular formula is C14H20N2OS. The Balaban J connectivity index is 1.74. The molecule has 1 aliphatic carbocycles. The molecule has 0 bridgehead atoms. The van der Waals surface area contributed by atoms with Gasteiger partial charge in [0.2, 0.25) is 0 Å². The second-order valence-corrected chi connectivity index (χ2v) is 5.24. The third-order valence-corrected chi connectivity index (χ3v) is 3.79. The van der Waals surface area contributed by atoms with E-state index >= 15 is 0 Å². The van der Waals surface area contributed by atoms with Crippen LogP contribution in [0.2, 0.25) is 0 Å². The molecule has 0 saturated heterocycles. The van der Waals surface area contributed by atoms with Crippen LogP contribution in [0.5, 0.6) is 5.75 Å². The van der Waals surface area contributed by atoms with Crippen molar-refractivity contribution in [3.63, 3.8) is 0 Å². The van der Waals surface area contributed by atoms with Crippen LogP contribution in [-0.4, -0.2) is 36.1 Å². The van der Waals surface area contributed by atoms with E-state index in [2.05, 4.69) is 11.9 Å². The summed E-state index contributed by atoms with van der Waals surface area (Å²) in [5.41, 5.74) is 6.42. The van der Waals surface area contributed by atoms with E-state index in [1.807, 2.05) is 24.3 Å². The summed E-state index contributed by atoms with van der Waals surface area (Å²) in [5, 5.41) is 0. The second kappa shape index (κ2) is 6.16. The molecular weight excluding hydrogens is 244 g/mol. The molecule has 0 aromatic heterocycles. The summed E-state index contributed by atoms with van der Waals surface area (Å²) >= 11 is 4.91. The van der Waals surface area contributed by atoms with Crippen LogP contribution in [0, 0.1) is 0 Å². The number of hydrogen-bond acceptors (Lipinski definition) is 3. The Bertz CT molecular complexity index is 401. The van der Waals surface area contributed by atoms with Gasteiger partial charge in [-0.25, -0.2) is 0 Å². The smallest absolute Gasteiger partial charge is 0.119 e. The number of likely N-dealkylation sites (N-methyl/N-ethyl adjacent to an activating group) is 1. The predicted molar refractivity (Wildman–Crippen MR) is 78.1 cm³/mol. The molecule has 98 valence electrons. The molecule has 1 fully saturated rings. The molecule has 0 unspecified atom stereocenters. The van der Waals surface area contributed by atoms with Gasteiger partial charge in [0.05, 0.1) is 0 Å². The standard InChI is InChI=1S/C14H20N2OS/c1-16(12-3-2-4-12)9-10-17-13-7-5-11(6-8-13)14(15)18/h5-8,12H,2-4,9-10H2,1H3,(H2,15,18). The summed E-state index contributed by atoms with van der Waals surface area (Å²) in [7, 11) is 2.17. The van der Waals surface area contributed by atoms with Crippen molar-refractivity contribution in [2.75, 3.05) is 20.2 Å². The van der Waals surface area contributed by atoms with Crippen molar-refractivity contribution in [2.45, 2.75) is 25.3 Å². The van der Waals surface area contributed by atoms with Gasteiger partial charge in [-0.05, 0) is 44.2 Å². The first-order chi connectivity index (χ1) is 8.66. The number of benzene rings is 1. The van der Waals surface area contributed by atoms with Gasteiger partial charge in [-0.2, -0.15) is 0 Å². The number of nitrogens with zero attached hydrogens (tertiary/aromatic N) is 1. The summed E-state index contributed by atoms with van der Waals surface area (Å²) in [6.45, 7) is 1.70. The first-order valence-electron chi connectivity index (χ1n) is 6.40. The fraction of sp³-hybridized carbons (Fsp3) is 0.500. The zero-order chi connectivity index (χ0) is 13.0. The van der Waals surface area contributed by atoms with Crippen LogP contribution in [0.4, 0.5) is 0 Å². The lowest BCUT2D eigenvalue weighted by Gasteiger charge is -2.34. The van der Waals surface area contributed by atoms with Gasteiger partial charge in [-0.1, -0.05) is 18.6 Å². The zero-order valence-electron chi connectivity index (χ0n) is 10.8.